The molecule has 3 aromatic rings. The van der Waals surface area contributed by atoms with Gasteiger partial charge in [-0.05, 0) is 50.4 Å². The third-order valence-electron chi connectivity index (χ3n) is 3.15. The van der Waals surface area contributed by atoms with E-state index >= 15 is 0 Å². The predicted octanol–water partition coefficient (Wildman–Crippen LogP) is 3.88. The minimum atomic E-state index is 0.953. The maximum Gasteiger partial charge on any atom is 0.100 e. The van der Waals surface area contributed by atoms with Gasteiger partial charge in [-0.15, -0.1) is 0 Å². The molecule has 0 bridgehead atoms. The van der Waals surface area contributed by atoms with Gasteiger partial charge in [-0.3, -0.25) is 10.1 Å². The van der Waals surface area contributed by atoms with Crippen LogP contribution >= 0.6 is 0 Å². The van der Waals surface area contributed by atoms with E-state index in [2.05, 4.69) is 26.6 Å². The summed E-state index contributed by atoms with van der Waals surface area (Å²) in [6.07, 6.45) is 5.69. The molecule has 100 valence electrons. The van der Waals surface area contributed by atoms with Gasteiger partial charge in [0.1, 0.15) is 5.69 Å². The zero-order chi connectivity index (χ0) is 13.9. The van der Waals surface area contributed by atoms with Gasteiger partial charge in [0.15, 0.2) is 0 Å². The standard InChI is InChI=1S/C16H16N4/c1-3-7-18-13-4-5-15-14(10-13)16(20-19-15)12-6-8-17-11(2)9-12/h3-10,18H,1-2H3,(H,19,20)/b7-3-. The summed E-state index contributed by atoms with van der Waals surface area (Å²) in [4.78, 5) is 4.23. The molecule has 0 saturated heterocycles. The topological polar surface area (TPSA) is 53.6 Å². The Morgan fingerprint density at radius 2 is 2.10 bits per heavy atom. The summed E-state index contributed by atoms with van der Waals surface area (Å²) in [6, 6.07) is 10.2. The highest BCUT2D eigenvalue weighted by Gasteiger charge is 2.09. The van der Waals surface area contributed by atoms with E-state index in [0.717, 1.165) is 33.5 Å². The number of allylic oxidation sites excluding steroid dienone is 1. The second-order valence-corrected chi connectivity index (χ2v) is 4.66. The van der Waals surface area contributed by atoms with Crippen molar-refractivity contribution < 1.29 is 0 Å². The number of nitrogens with one attached hydrogen (secondary N) is 2. The lowest BCUT2D eigenvalue weighted by atomic mass is 10.1. The van der Waals surface area contributed by atoms with Crippen LogP contribution in [0.3, 0.4) is 0 Å². The molecule has 0 aliphatic rings. The van der Waals surface area contributed by atoms with Gasteiger partial charge in [0, 0.05) is 28.5 Å². The van der Waals surface area contributed by atoms with E-state index in [1.54, 1.807) is 0 Å². The second kappa shape index (κ2) is 5.17. The Hall–Kier alpha value is -2.62. The van der Waals surface area contributed by atoms with Crippen molar-refractivity contribution in [3.8, 4) is 11.3 Å². The fourth-order valence-electron chi connectivity index (χ4n) is 2.20. The Balaban J connectivity index is 2.11. The number of aromatic nitrogens is 3. The first-order valence-electron chi connectivity index (χ1n) is 6.57. The maximum absolute atomic E-state index is 4.43. The number of anilines is 1. The number of fused-ring (bicyclic) bond motifs is 1. The smallest absolute Gasteiger partial charge is 0.100 e. The highest BCUT2D eigenvalue weighted by atomic mass is 15.1. The third kappa shape index (κ3) is 2.28. The van der Waals surface area contributed by atoms with Crippen LogP contribution in [0.25, 0.3) is 22.2 Å². The van der Waals surface area contributed by atoms with Crippen LogP contribution in [-0.4, -0.2) is 15.2 Å². The molecule has 0 amide bonds. The van der Waals surface area contributed by atoms with Crippen molar-refractivity contribution in [2.75, 3.05) is 5.32 Å². The van der Waals surface area contributed by atoms with Gasteiger partial charge >= 0.3 is 0 Å². The summed E-state index contributed by atoms with van der Waals surface area (Å²) in [5.41, 5.74) is 5.09. The minimum Gasteiger partial charge on any atom is -0.362 e. The largest absolute Gasteiger partial charge is 0.362 e. The molecule has 0 unspecified atom stereocenters. The Bertz CT molecular complexity index is 771. The molecule has 0 aliphatic carbocycles. The van der Waals surface area contributed by atoms with Gasteiger partial charge in [0.2, 0.25) is 0 Å². The lowest BCUT2D eigenvalue weighted by Crippen LogP contribution is -1.87. The number of rotatable bonds is 3. The molecule has 2 N–H and O–H groups in total. The zero-order valence-corrected chi connectivity index (χ0v) is 11.5. The number of H-pyrrole nitrogens is 1. The van der Waals surface area contributed by atoms with E-state index in [9.17, 15) is 0 Å². The predicted molar refractivity (Wildman–Crippen MR) is 82.5 cm³/mol. The number of pyridine rings is 1. The van der Waals surface area contributed by atoms with Crippen LogP contribution in [0, 0.1) is 6.92 Å². The molecule has 1 aromatic carbocycles. The van der Waals surface area contributed by atoms with Crippen LogP contribution in [0.5, 0.6) is 0 Å². The molecule has 0 saturated carbocycles. The number of hydrogen-bond acceptors (Lipinski definition) is 3. The molecular formula is C16H16N4. The molecule has 0 spiro atoms. The van der Waals surface area contributed by atoms with Gasteiger partial charge in [-0.2, -0.15) is 5.10 Å². The van der Waals surface area contributed by atoms with Crippen LogP contribution in [-0.2, 0) is 0 Å². The lowest BCUT2D eigenvalue weighted by molar-refractivity contribution is 1.12. The average molecular weight is 264 g/mol. The van der Waals surface area contributed by atoms with Crippen LogP contribution in [0.2, 0.25) is 0 Å². The lowest BCUT2D eigenvalue weighted by Gasteiger charge is -2.02. The highest BCUT2D eigenvalue weighted by molar-refractivity contribution is 5.94. The first kappa shape index (κ1) is 12.4. The second-order valence-electron chi connectivity index (χ2n) is 4.66. The molecule has 2 aromatic heterocycles. The summed E-state index contributed by atoms with van der Waals surface area (Å²) in [7, 11) is 0. The van der Waals surface area contributed by atoms with E-state index in [1.807, 2.05) is 56.6 Å². The minimum absolute atomic E-state index is 0.953. The molecule has 0 atom stereocenters. The van der Waals surface area contributed by atoms with E-state index in [0.29, 0.717) is 0 Å². The molecule has 0 radical (unpaired) electrons. The Kier molecular flexibility index (Phi) is 3.21. The highest BCUT2D eigenvalue weighted by Crippen LogP contribution is 2.28. The van der Waals surface area contributed by atoms with Crippen LogP contribution in [0.4, 0.5) is 5.69 Å². The SMILES string of the molecule is C/C=C\Nc1ccc2[nH]nc(-c3ccnc(C)c3)c2c1. The van der Waals surface area contributed by atoms with Crippen LogP contribution in [0.15, 0.2) is 48.8 Å². The quantitative estimate of drug-likeness (QED) is 0.754. The molecule has 0 fully saturated rings. The fraction of sp³-hybridized carbons (Fsp3) is 0.125. The van der Waals surface area contributed by atoms with Crippen molar-refractivity contribution in [2.45, 2.75) is 13.8 Å². The summed E-state index contributed by atoms with van der Waals surface area (Å²) >= 11 is 0. The van der Waals surface area contributed by atoms with Crippen molar-refractivity contribution in [2.24, 2.45) is 0 Å². The number of nitrogens with zero attached hydrogens (tertiary/aromatic N) is 2. The Morgan fingerprint density at radius 3 is 2.90 bits per heavy atom. The van der Waals surface area contributed by atoms with Crippen molar-refractivity contribution in [1.29, 1.82) is 0 Å². The molecule has 2 heterocycles. The van der Waals surface area contributed by atoms with Crippen molar-refractivity contribution in [3.05, 3.63) is 54.5 Å². The molecule has 3 rings (SSSR count). The summed E-state index contributed by atoms with van der Waals surface area (Å²) in [5.74, 6) is 0. The molecule has 0 aliphatic heterocycles. The van der Waals surface area contributed by atoms with E-state index in [4.69, 9.17) is 0 Å². The van der Waals surface area contributed by atoms with Crippen LogP contribution < -0.4 is 5.32 Å². The van der Waals surface area contributed by atoms with Gasteiger partial charge in [0.25, 0.3) is 0 Å². The number of benzene rings is 1. The average Bonchev–Trinajstić information content (AvgIpc) is 2.88. The maximum atomic E-state index is 4.43. The Morgan fingerprint density at radius 1 is 1.20 bits per heavy atom. The summed E-state index contributed by atoms with van der Waals surface area (Å²) in [5, 5.41) is 11.8. The van der Waals surface area contributed by atoms with Crippen LogP contribution in [0.1, 0.15) is 12.6 Å². The molecule has 4 heteroatoms. The van der Waals surface area contributed by atoms with Gasteiger partial charge in [0.05, 0.1) is 5.52 Å². The van der Waals surface area contributed by atoms with E-state index in [1.165, 1.54) is 0 Å². The fourth-order valence-corrected chi connectivity index (χ4v) is 2.20. The summed E-state index contributed by atoms with van der Waals surface area (Å²) < 4.78 is 0. The van der Waals surface area contributed by atoms with Gasteiger partial charge < -0.3 is 5.32 Å². The monoisotopic (exact) mass is 264 g/mol. The number of aromatic amines is 1. The molecule has 20 heavy (non-hydrogen) atoms. The van der Waals surface area contributed by atoms with E-state index < -0.39 is 0 Å². The Labute approximate surface area is 117 Å². The van der Waals surface area contributed by atoms with Gasteiger partial charge in [-0.25, -0.2) is 0 Å². The number of hydrogen-bond donors (Lipinski definition) is 2. The molecular weight excluding hydrogens is 248 g/mol. The van der Waals surface area contributed by atoms with Crippen molar-refractivity contribution in [1.82, 2.24) is 15.2 Å². The zero-order valence-electron chi connectivity index (χ0n) is 11.5. The van der Waals surface area contributed by atoms with Crippen molar-refractivity contribution >= 4 is 16.6 Å². The first-order chi connectivity index (χ1) is 9.78. The molecule has 4 nitrogen and oxygen atoms in total. The normalized spacial score (nSPS) is 11.3. The number of aryl methyl sites for hydroxylation is 1. The van der Waals surface area contributed by atoms with E-state index in [-0.39, 0.29) is 0 Å². The van der Waals surface area contributed by atoms with Crippen molar-refractivity contribution in [3.63, 3.8) is 0 Å². The third-order valence-corrected chi connectivity index (χ3v) is 3.15. The van der Waals surface area contributed by atoms with Gasteiger partial charge in [-0.1, -0.05) is 6.08 Å². The first-order valence-corrected chi connectivity index (χ1v) is 6.57. The summed E-state index contributed by atoms with van der Waals surface area (Å²) in [6.45, 7) is 3.96.